The predicted molar refractivity (Wildman–Crippen MR) is 98.8 cm³/mol. The van der Waals surface area contributed by atoms with Gasteiger partial charge in [0.05, 0.1) is 46.1 Å². The molecule has 0 saturated carbocycles. The molecule has 1 fully saturated rings. The number of fused-ring (bicyclic) bond motifs is 4. The van der Waals surface area contributed by atoms with Crippen LogP contribution in [0.1, 0.15) is 16.2 Å². The first-order valence-corrected chi connectivity index (χ1v) is 8.76. The van der Waals surface area contributed by atoms with Gasteiger partial charge in [0.1, 0.15) is 0 Å². The van der Waals surface area contributed by atoms with Crippen molar-refractivity contribution < 1.29 is 9.53 Å². The number of benzene rings is 2. The molecule has 5 rings (SSSR count). The topological polar surface area (TPSA) is 64.4 Å². The minimum Gasteiger partial charge on any atom is -0.378 e. The number of nitrogens with zero attached hydrogens (tertiary/aromatic N) is 3. The first-order valence-electron chi connectivity index (χ1n) is 8.39. The third-order valence-electron chi connectivity index (χ3n) is 4.88. The molecule has 26 heavy (non-hydrogen) atoms. The van der Waals surface area contributed by atoms with Crippen molar-refractivity contribution in [2.75, 3.05) is 31.2 Å². The Bertz CT molecular complexity index is 1130. The van der Waals surface area contributed by atoms with Gasteiger partial charge in [0.15, 0.2) is 5.82 Å². The Kier molecular flexibility index (Phi) is 3.38. The van der Waals surface area contributed by atoms with E-state index in [1.54, 1.807) is 36.4 Å². The highest BCUT2D eigenvalue weighted by Gasteiger charge is 2.35. The fraction of sp³-hybridized carbons (Fsp3) is 0.211. The van der Waals surface area contributed by atoms with Crippen LogP contribution in [0.15, 0.2) is 41.2 Å². The summed E-state index contributed by atoms with van der Waals surface area (Å²) in [6.45, 7) is 2.43. The van der Waals surface area contributed by atoms with E-state index >= 15 is 0 Å². The predicted octanol–water partition coefficient (Wildman–Crippen LogP) is 2.42. The molecule has 0 bridgehead atoms. The molecule has 2 aliphatic heterocycles. The first kappa shape index (κ1) is 15.5. The molecule has 0 unspecified atom stereocenters. The van der Waals surface area contributed by atoms with E-state index in [2.05, 4.69) is 4.98 Å². The zero-order valence-electron chi connectivity index (χ0n) is 13.7. The Morgan fingerprint density at radius 2 is 1.81 bits per heavy atom. The van der Waals surface area contributed by atoms with Crippen LogP contribution in [0.25, 0.3) is 16.6 Å². The average molecular weight is 368 g/mol. The van der Waals surface area contributed by atoms with Gasteiger partial charge in [-0.2, -0.15) is 0 Å². The summed E-state index contributed by atoms with van der Waals surface area (Å²) < 4.78 is 6.81. The summed E-state index contributed by atoms with van der Waals surface area (Å²) in [4.78, 5) is 32.7. The minimum atomic E-state index is -0.271. The number of carbonyl (C=O) groups excluding carboxylic acids is 1. The van der Waals surface area contributed by atoms with Crippen molar-refractivity contribution in [1.82, 2.24) is 9.55 Å². The number of carbonyl (C=O) groups is 1. The summed E-state index contributed by atoms with van der Waals surface area (Å²) in [7, 11) is 0. The van der Waals surface area contributed by atoms with Crippen molar-refractivity contribution in [3.63, 3.8) is 0 Å². The molecule has 0 atom stereocenters. The van der Waals surface area contributed by atoms with Gasteiger partial charge in [-0.15, -0.1) is 0 Å². The normalized spacial score (nSPS) is 16.0. The molecular weight excluding hydrogens is 354 g/mol. The number of hydrogen-bond donors (Lipinski definition) is 0. The zero-order valence-corrected chi connectivity index (χ0v) is 14.5. The van der Waals surface area contributed by atoms with E-state index in [-0.39, 0.29) is 17.2 Å². The lowest BCUT2D eigenvalue weighted by Gasteiger charge is -2.30. The number of morpholine rings is 1. The lowest BCUT2D eigenvalue weighted by Crippen LogP contribution is -2.37. The van der Waals surface area contributed by atoms with Crippen LogP contribution in [-0.2, 0) is 4.74 Å². The second-order valence-electron chi connectivity index (χ2n) is 6.31. The van der Waals surface area contributed by atoms with Crippen molar-refractivity contribution in [3.05, 3.63) is 63.2 Å². The second-order valence-corrected chi connectivity index (χ2v) is 6.72. The van der Waals surface area contributed by atoms with Crippen LogP contribution in [0, 0.1) is 0 Å². The molecule has 0 spiro atoms. The number of hydrogen-bond acceptors (Lipinski definition) is 5. The molecule has 0 radical (unpaired) electrons. The van der Waals surface area contributed by atoms with Gasteiger partial charge >= 0.3 is 0 Å². The van der Waals surface area contributed by atoms with E-state index < -0.39 is 0 Å². The number of anilines is 1. The Labute approximate surface area is 153 Å². The van der Waals surface area contributed by atoms with Gasteiger partial charge in [0, 0.05) is 13.1 Å². The smallest absolute Gasteiger partial charge is 0.266 e. The summed E-state index contributed by atoms with van der Waals surface area (Å²) >= 11 is 6.45. The number of para-hydroxylation sites is 1. The Balaban J connectivity index is 1.81. The zero-order chi connectivity index (χ0) is 17.8. The highest BCUT2D eigenvalue weighted by atomic mass is 35.5. The number of rotatable bonds is 1. The first-order chi connectivity index (χ1) is 12.7. The maximum Gasteiger partial charge on any atom is 0.266 e. The number of ketones is 1. The molecular formula is C19H14ClN3O3. The molecule has 2 aliphatic rings. The second kappa shape index (κ2) is 5.65. The number of aromatic nitrogens is 2. The molecule has 0 amide bonds. The van der Waals surface area contributed by atoms with Crippen LogP contribution in [0.4, 0.5) is 5.69 Å². The third-order valence-corrected chi connectivity index (χ3v) is 5.19. The lowest BCUT2D eigenvalue weighted by molar-refractivity contribution is 0.103. The van der Waals surface area contributed by atoms with E-state index in [0.717, 1.165) is 0 Å². The fourth-order valence-electron chi connectivity index (χ4n) is 3.68. The molecule has 3 aromatic rings. The molecule has 0 aliphatic carbocycles. The van der Waals surface area contributed by atoms with Gasteiger partial charge in [-0.3, -0.25) is 14.2 Å². The molecule has 0 N–H and O–H groups in total. The highest BCUT2D eigenvalue weighted by molar-refractivity contribution is 6.35. The van der Waals surface area contributed by atoms with Crippen molar-refractivity contribution in [2.45, 2.75) is 0 Å². The van der Waals surface area contributed by atoms with Gasteiger partial charge < -0.3 is 9.64 Å². The lowest BCUT2D eigenvalue weighted by atomic mass is 10.1. The number of ether oxygens (including phenoxy) is 1. The summed E-state index contributed by atoms with van der Waals surface area (Å²) in [5.41, 5.74) is 1.92. The number of halogens is 1. The molecule has 130 valence electrons. The SMILES string of the molecule is O=C1c2c(ccc(Cl)c2N2CCOCC2)-n2c1nc1ccccc1c2=O. The van der Waals surface area contributed by atoms with E-state index in [4.69, 9.17) is 16.3 Å². The van der Waals surface area contributed by atoms with Gasteiger partial charge in [-0.25, -0.2) is 4.98 Å². The van der Waals surface area contributed by atoms with Crippen molar-refractivity contribution >= 4 is 34.0 Å². The minimum absolute atomic E-state index is 0.139. The molecule has 2 aromatic carbocycles. The third kappa shape index (κ3) is 2.06. The van der Waals surface area contributed by atoms with E-state index in [1.807, 2.05) is 4.90 Å². The van der Waals surface area contributed by atoms with Crippen LogP contribution in [-0.4, -0.2) is 41.6 Å². The van der Waals surface area contributed by atoms with Crippen molar-refractivity contribution in [2.24, 2.45) is 0 Å². The average Bonchev–Trinajstić information content (AvgIpc) is 2.95. The summed E-state index contributed by atoms with van der Waals surface area (Å²) in [6, 6.07) is 10.5. The molecule has 6 nitrogen and oxygen atoms in total. The van der Waals surface area contributed by atoms with E-state index in [9.17, 15) is 9.59 Å². The van der Waals surface area contributed by atoms with Gasteiger partial charge in [-0.1, -0.05) is 23.7 Å². The van der Waals surface area contributed by atoms with Crippen LogP contribution in [0.2, 0.25) is 5.02 Å². The molecule has 1 saturated heterocycles. The van der Waals surface area contributed by atoms with Gasteiger partial charge in [-0.05, 0) is 24.3 Å². The van der Waals surface area contributed by atoms with Crippen LogP contribution in [0.3, 0.4) is 0 Å². The summed E-state index contributed by atoms with van der Waals surface area (Å²) in [5.74, 6) is -0.132. The highest BCUT2D eigenvalue weighted by Crippen LogP contribution is 2.39. The molecule has 7 heteroatoms. The Morgan fingerprint density at radius 3 is 2.62 bits per heavy atom. The summed E-state index contributed by atoms with van der Waals surface area (Å²) in [6.07, 6.45) is 0. The standard InChI is InChI=1S/C19H14ClN3O3/c20-12-5-6-14-15(16(12)22-7-9-26-10-8-22)17(24)18-21-13-4-2-1-3-11(13)19(25)23(14)18/h1-6H,7-10H2. The van der Waals surface area contributed by atoms with Crippen molar-refractivity contribution in [3.8, 4) is 5.69 Å². The largest absolute Gasteiger partial charge is 0.378 e. The molecule has 3 heterocycles. The van der Waals surface area contributed by atoms with Crippen LogP contribution >= 0.6 is 11.6 Å². The monoisotopic (exact) mass is 367 g/mol. The molecule has 1 aromatic heterocycles. The Morgan fingerprint density at radius 1 is 1.04 bits per heavy atom. The fourth-order valence-corrected chi connectivity index (χ4v) is 3.96. The van der Waals surface area contributed by atoms with E-state index in [1.165, 1.54) is 4.57 Å². The van der Waals surface area contributed by atoms with Crippen molar-refractivity contribution in [1.29, 1.82) is 0 Å². The van der Waals surface area contributed by atoms with Gasteiger partial charge in [0.2, 0.25) is 5.78 Å². The van der Waals surface area contributed by atoms with E-state index in [0.29, 0.717) is 59.2 Å². The van der Waals surface area contributed by atoms with Crippen LogP contribution in [0.5, 0.6) is 0 Å². The van der Waals surface area contributed by atoms with Crippen LogP contribution < -0.4 is 10.5 Å². The summed E-state index contributed by atoms with van der Waals surface area (Å²) in [5, 5.41) is 0.976. The van der Waals surface area contributed by atoms with Gasteiger partial charge in [0.25, 0.3) is 5.56 Å². The maximum absolute atomic E-state index is 13.2. The maximum atomic E-state index is 13.2. The Hall–Kier alpha value is -2.70. The quantitative estimate of drug-likeness (QED) is 0.517.